The molecule has 2 rings (SSSR count). The van der Waals surface area contributed by atoms with E-state index in [1.807, 2.05) is 0 Å². The van der Waals surface area contributed by atoms with Gasteiger partial charge >= 0.3 is 0 Å². The highest BCUT2D eigenvalue weighted by atomic mass is 32.2. The van der Waals surface area contributed by atoms with Gasteiger partial charge in [-0.05, 0) is 18.8 Å². The van der Waals surface area contributed by atoms with Crippen molar-refractivity contribution in [3.8, 4) is 0 Å². The van der Waals surface area contributed by atoms with E-state index in [1.165, 1.54) is 69.5 Å². The Hall–Kier alpha value is 0.270. The van der Waals surface area contributed by atoms with Crippen molar-refractivity contribution >= 4 is 11.8 Å². The van der Waals surface area contributed by atoms with Crippen LogP contribution in [0.25, 0.3) is 0 Å². The molecule has 1 saturated carbocycles. The average Bonchev–Trinajstić information content (AvgIpc) is 2.34. The van der Waals surface area contributed by atoms with Gasteiger partial charge < -0.3 is 5.73 Å². The van der Waals surface area contributed by atoms with Crippen LogP contribution in [-0.2, 0) is 0 Å². The van der Waals surface area contributed by atoms with Crippen LogP contribution < -0.4 is 5.73 Å². The number of nitrogens with zero attached hydrogens (tertiary/aromatic N) is 1. The molecular formula is C14H28N2S. The first-order chi connectivity index (χ1) is 8.42. The first kappa shape index (κ1) is 13.7. The molecule has 1 saturated heterocycles. The van der Waals surface area contributed by atoms with Crippen LogP contribution in [0, 0.1) is 5.92 Å². The first-order valence-corrected chi connectivity index (χ1v) is 8.59. The van der Waals surface area contributed by atoms with E-state index in [4.69, 9.17) is 5.73 Å². The second-order valence-electron chi connectivity index (χ2n) is 5.56. The standard InChI is InChI=1S/C14H28N2S/c15-12-14(16-8-10-17-11-9-16)13-6-4-2-1-3-5-7-13/h13-14H,1-12,15H2. The van der Waals surface area contributed by atoms with Gasteiger partial charge in [-0.1, -0.05) is 32.1 Å². The highest BCUT2D eigenvalue weighted by Gasteiger charge is 2.27. The smallest absolute Gasteiger partial charge is 0.0247 e. The quantitative estimate of drug-likeness (QED) is 0.842. The molecule has 1 aliphatic carbocycles. The van der Waals surface area contributed by atoms with Crippen LogP contribution in [0.2, 0.25) is 0 Å². The van der Waals surface area contributed by atoms with E-state index in [2.05, 4.69) is 16.7 Å². The van der Waals surface area contributed by atoms with Gasteiger partial charge in [0.1, 0.15) is 0 Å². The summed E-state index contributed by atoms with van der Waals surface area (Å²) in [5.41, 5.74) is 6.08. The van der Waals surface area contributed by atoms with Gasteiger partial charge in [-0.2, -0.15) is 11.8 Å². The minimum Gasteiger partial charge on any atom is -0.329 e. The lowest BCUT2D eigenvalue weighted by atomic mass is 9.85. The maximum Gasteiger partial charge on any atom is 0.0247 e. The van der Waals surface area contributed by atoms with Crippen molar-refractivity contribution in [2.45, 2.75) is 51.0 Å². The van der Waals surface area contributed by atoms with Crippen LogP contribution in [-0.4, -0.2) is 42.1 Å². The van der Waals surface area contributed by atoms with Crippen LogP contribution in [0.1, 0.15) is 44.9 Å². The SMILES string of the molecule is NCC(C1CCCCCCC1)N1CCSCC1. The normalized spacial score (nSPS) is 27.4. The van der Waals surface area contributed by atoms with Gasteiger partial charge in [-0.15, -0.1) is 0 Å². The largest absolute Gasteiger partial charge is 0.329 e. The molecule has 0 aromatic rings. The molecule has 17 heavy (non-hydrogen) atoms. The molecule has 2 aliphatic rings. The van der Waals surface area contributed by atoms with Gasteiger partial charge in [0.2, 0.25) is 0 Å². The Morgan fingerprint density at radius 3 is 2.18 bits per heavy atom. The Balaban J connectivity index is 1.89. The zero-order valence-electron chi connectivity index (χ0n) is 11.1. The third kappa shape index (κ3) is 4.15. The third-order valence-corrected chi connectivity index (χ3v) is 5.39. The molecule has 0 aromatic heterocycles. The molecule has 2 N–H and O–H groups in total. The topological polar surface area (TPSA) is 29.3 Å². The van der Waals surface area contributed by atoms with Crippen LogP contribution in [0.15, 0.2) is 0 Å². The van der Waals surface area contributed by atoms with Gasteiger partial charge in [0.25, 0.3) is 0 Å². The number of hydrogen-bond acceptors (Lipinski definition) is 3. The molecule has 0 bridgehead atoms. The van der Waals surface area contributed by atoms with E-state index < -0.39 is 0 Å². The zero-order chi connectivity index (χ0) is 11.9. The van der Waals surface area contributed by atoms with Gasteiger partial charge in [0.15, 0.2) is 0 Å². The second-order valence-corrected chi connectivity index (χ2v) is 6.78. The van der Waals surface area contributed by atoms with Crippen LogP contribution in [0.3, 0.4) is 0 Å². The number of thioether (sulfide) groups is 1. The first-order valence-electron chi connectivity index (χ1n) is 7.43. The summed E-state index contributed by atoms with van der Waals surface area (Å²) in [7, 11) is 0. The molecule has 1 atom stereocenters. The fourth-order valence-corrected chi connectivity index (χ4v) is 4.35. The van der Waals surface area contributed by atoms with Crippen LogP contribution in [0.4, 0.5) is 0 Å². The molecule has 1 unspecified atom stereocenters. The van der Waals surface area contributed by atoms with Crippen molar-refractivity contribution in [2.24, 2.45) is 11.7 Å². The summed E-state index contributed by atoms with van der Waals surface area (Å²) >= 11 is 2.10. The molecule has 2 nitrogen and oxygen atoms in total. The van der Waals surface area contributed by atoms with Crippen molar-refractivity contribution in [1.82, 2.24) is 4.90 Å². The highest BCUT2D eigenvalue weighted by Crippen LogP contribution is 2.28. The molecular weight excluding hydrogens is 228 g/mol. The van der Waals surface area contributed by atoms with Gasteiger partial charge in [0, 0.05) is 37.2 Å². The molecule has 1 heterocycles. The second kappa shape index (κ2) is 7.65. The Labute approximate surface area is 111 Å². The third-order valence-electron chi connectivity index (χ3n) is 4.45. The summed E-state index contributed by atoms with van der Waals surface area (Å²) < 4.78 is 0. The highest BCUT2D eigenvalue weighted by molar-refractivity contribution is 7.99. The summed E-state index contributed by atoms with van der Waals surface area (Å²) in [4.78, 5) is 2.68. The molecule has 0 aromatic carbocycles. The number of rotatable bonds is 3. The number of hydrogen-bond donors (Lipinski definition) is 1. The lowest BCUT2D eigenvalue weighted by Crippen LogP contribution is -2.49. The predicted octanol–water partition coefficient (Wildman–Crippen LogP) is 2.72. The average molecular weight is 256 g/mol. The molecule has 0 spiro atoms. The maximum atomic E-state index is 6.08. The van der Waals surface area contributed by atoms with Gasteiger partial charge in [0.05, 0.1) is 0 Å². The van der Waals surface area contributed by atoms with E-state index in [-0.39, 0.29) is 0 Å². The summed E-state index contributed by atoms with van der Waals surface area (Å²) in [6, 6.07) is 0.675. The Morgan fingerprint density at radius 2 is 1.59 bits per heavy atom. The maximum absolute atomic E-state index is 6.08. The molecule has 3 heteroatoms. The Bertz CT molecular complexity index is 196. The summed E-state index contributed by atoms with van der Waals surface area (Å²) in [6.07, 6.45) is 10.1. The zero-order valence-corrected chi connectivity index (χ0v) is 11.9. The van der Waals surface area contributed by atoms with E-state index in [0.29, 0.717) is 6.04 Å². The summed E-state index contributed by atoms with van der Waals surface area (Å²) in [6.45, 7) is 3.40. The molecule has 100 valence electrons. The van der Waals surface area contributed by atoms with Crippen molar-refractivity contribution in [3.63, 3.8) is 0 Å². The number of nitrogens with two attached hydrogens (primary N) is 1. The Kier molecular flexibility index (Phi) is 6.16. The van der Waals surface area contributed by atoms with E-state index in [9.17, 15) is 0 Å². The monoisotopic (exact) mass is 256 g/mol. The minimum atomic E-state index is 0.675. The lowest BCUT2D eigenvalue weighted by molar-refractivity contribution is 0.140. The molecule has 1 aliphatic heterocycles. The van der Waals surface area contributed by atoms with E-state index in [1.54, 1.807) is 0 Å². The van der Waals surface area contributed by atoms with Crippen molar-refractivity contribution in [1.29, 1.82) is 0 Å². The fourth-order valence-electron chi connectivity index (χ4n) is 3.42. The molecule has 0 radical (unpaired) electrons. The van der Waals surface area contributed by atoms with Crippen LogP contribution in [0.5, 0.6) is 0 Å². The van der Waals surface area contributed by atoms with Crippen LogP contribution >= 0.6 is 11.8 Å². The van der Waals surface area contributed by atoms with Gasteiger partial charge in [-0.25, -0.2) is 0 Å². The van der Waals surface area contributed by atoms with Crippen molar-refractivity contribution in [2.75, 3.05) is 31.1 Å². The van der Waals surface area contributed by atoms with E-state index in [0.717, 1.165) is 12.5 Å². The molecule has 0 amide bonds. The molecule has 2 fully saturated rings. The van der Waals surface area contributed by atoms with Crippen molar-refractivity contribution in [3.05, 3.63) is 0 Å². The van der Waals surface area contributed by atoms with E-state index >= 15 is 0 Å². The predicted molar refractivity (Wildman–Crippen MR) is 77.5 cm³/mol. The minimum absolute atomic E-state index is 0.675. The lowest BCUT2D eigenvalue weighted by Gasteiger charge is -2.39. The summed E-state index contributed by atoms with van der Waals surface area (Å²) in [5, 5.41) is 0. The summed E-state index contributed by atoms with van der Waals surface area (Å²) in [5.74, 6) is 3.50. The van der Waals surface area contributed by atoms with Crippen molar-refractivity contribution < 1.29 is 0 Å². The van der Waals surface area contributed by atoms with Gasteiger partial charge in [-0.3, -0.25) is 4.90 Å². The fraction of sp³-hybridized carbons (Fsp3) is 1.00. The Morgan fingerprint density at radius 1 is 1.00 bits per heavy atom.